The van der Waals surface area contributed by atoms with Gasteiger partial charge >= 0.3 is 5.97 Å². The second-order valence-corrected chi connectivity index (χ2v) is 4.52. The molecule has 2 amide bonds. The van der Waals surface area contributed by atoms with Crippen LogP contribution in [-0.2, 0) is 16.6 Å². The standard InChI is InChI=1S/C14H15N3O4/c1-17-8-10(9-4-2-3-5-11(9)17)14(21)16-6-12(18)15-7-13(19)20/h2-5,8H,6-7H2,1H3,(H,15,18)(H,16,21)(H,19,20). The number of carboxylic acids is 1. The molecule has 0 spiro atoms. The van der Waals surface area contributed by atoms with Crippen molar-refractivity contribution in [3.8, 4) is 0 Å². The number of carbonyl (C=O) groups excluding carboxylic acids is 2. The number of rotatable bonds is 5. The molecule has 1 heterocycles. The van der Waals surface area contributed by atoms with Crippen molar-refractivity contribution < 1.29 is 19.5 Å². The van der Waals surface area contributed by atoms with Crippen LogP contribution in [0.25, 0.3) is 10.9 Å². The molecule has 1 aromatic carbocycles. The van der Waals surface area contributed by atoms with Crippen molar-refractivity contribution in [2.75, 3.05) is 13.1 Å². The zero-order chi connectivity index (χ0) is 15.4. The lowest BCUT2D eigenvalue weighted by atomic mass is 10.1. The van der Waals surface area contributed by atoms with Gasteiger partial charge in [-0.25, -0.2) is 0 Å². The highest BCUT2D eigenvalue weighted by atomic mass is 16.4. The first-order chi connectivity index (χ1) is 9.99. The van der Waals surface area contributed by atoms with Gasteiger partial charge in [0, 0.05) is 24.1 Å². The fourth-order valence-electron chi connectivity index (χ4n) is 2.02. The Morgan fingerprint density at radius 1 is 1.14 bits per heavy atom. The third-order valence-electron chi connectivity index (χ3n) is 2.99. The number of aryl methyl sites for hydroxylation is 1. The van der Waals surface area contributed by atoms with Crippen LogP contribution in [-0.4, -0.2) is 40.5 Å². The molecular formula is C14H15N3O4. The number of para-hydroxylation sites is 1. The summed E-state index contributed by atoms with van der Waals surface area (Å²) in [4.78, 5) is 33.8. The highest BCUT2D eigenvalue weighted by molar-refractivity contribution is 6.07. The fraction of sp³-hybridized carbons (Fsp3) is 0.214. The Balaban J connectivity index is 2.03. The first kappa shape index (κ1) is 14.6. The summed E-state index contributed by atoms with van der Waals surface area (Å²) in [6, 6.07) is 7.43. The van der Waals surface area contributed by atoms with Gasteiger partial charge in [0.05, 0.1) is 12.1 Å². The maximum Gasteiger partial charge on any atom is 0.322 e. The summed E-state index contributed by atoms with van der Waals surface area (Å²) in [6.45, 7) is -0.738. The summed E-state index contributed by atoms with van der Waals surface area (Å²) in [5.74, 6) is -2.06. The monoisotopic (exact) mass is 289 g/mol. The second kappa shape index (κ2) is 6.08. The molecule has 0 saturated heterocycles. The lowest BCUT2D eigenvalue weighted by Gasteiger charge is -2.04. The molecule has 2 aromatic rings. The molecule has 7 nitrogen and oxygen atoms in total. The number of amides is 2. The molecule has 7 heteroatoms. The zero-order valence-electron chi connectivity index (χ0n) is 11.4. The molecule has 21 heavy (non-hydrogen) atoms. The van der Waals surface area contributed by atoms with Crippen LogP contribution >= 0.6 is 0 Å². The summed E-state index contributed by atoms with van der Waals surface area (Å²) in [6.07, 6.45) is 1.69. The van der Waals surface area contributed by atoms with Crippen molar-refractivity contribution in [3.63, 3.8) is 0 Å². The lowest BCUT2D eigenvalue weighted by molar-refractivity contribution is -0.137. The number of nitrogens with zero attached hydrogens (tertiary/aromatic N) is 1. The molecule has 0 fully saturated rings. The van der Waals surface area contributed by atoms with E-state index in [4.69, 9.17) is 5.11 Å². The summed E-state index contributed by atoms with van der Waals surface area (Å²) in [7, 11) is 1.83. The van der Waals surface area contributed by atoms with Gasteiger partial charge < -0.3 is 20.3 Å². The third-order valence-corrected chi connectivity index (χ3v) is 2.99. The zero-order valence-corrected chi connectivity index (χ0v) is 11.4. The van der Waals surface area contributed by atoms with E-state index in [0.717, 1.165) is 10.9 Å². The summed E-state index contributed by atoms with van der Waals surface area (Å²) in [5, 5.41) is 13.9. The van der Waals surface area contributed by atoms with Gasteiger partial charge in [-0.1, -0.05) is 18.2 Å². The summed E-state index contributed by atoms with van der Waals surface area (Å²) < 4.78 is 1.83. The maximum atomic E-state index is 12.1. The second-order valence-electron chi connectivity index (χ2n) is 4.52. The van der Waals surface area contributed by atoms with Crippen LogP contribution in [0.2, 0.25) is 0 Å². The van der Waals surface area contributed by atoms with Gasteiger partial charge in [0.2, 0.25) is 5.91 Å². The minimum Gasteiger partial charge on any atom is -0.480 e. The van der Waals surface area contributed by atoms with Crippen molar-refractivity contribution >= 4 is 28.7 Å². The number of hydrogen-bond donors (Lipinski definition) is 3. The SMILES string of the molecule is Cn1cc(C(=O)NCC(=O)NCC(=O)O)c2ccccc21. The molecule has 0 saturated carbocycles. The van der Waals surface area contributed by atoms with Gasteiger partial charge in [-0.15, -0.1) is 0 Å². The number of benzene rings is 1. The predicted molar refractivity (Wildman–Crippen MR) is 75.9 cm³/mol. The molecule has 1 aromatic heterocycles. The number of fused-ring (bicyclic) bond motifs is 1. The number of hydrogen-bond acceptors (Lipinski definition) is 3. The minimum atomic E-state index is -1.14. The van der Waals surface area contributed by atoms with E-state index in [9.17, 15) is 14.4 Å². The van der Waals surface area contributed by atoms with E-state index >= 15 is 0 Å². The van der Waals surface area contributed by atoms with E-state index in [0.29, 0.717) is 5.56 Å². The molecule has 0 unspecified atom stereocenters. The molecule has 0 aliphatic carbocycles. The largest absolute Gasteiger partial charge is 0.480 e. The average molecular weight is 289 g/mol. The van der Waals surface area contributed by atoms with Gasteiger partial charge in [0.25, 0.3) is 5.91 Å². The van der Waals surface area contributed by atoms with E-state index in [1.165, 1.54) is 0 Å². The van der Waals surface area contributed by atoms with Crippen LogP contribution in [0, 0.1) is 0 Å². The first-order valence-corrected chi connectivity index (χ1v) is 6.30. The van der Waals surface area contributed by atoms with E-state index in [1.807, 2.05) is 35.9 Å². The molecule has 110 valence electrons. The molecule has 3 N–H and O–H groups in total. The molecule has 0 radical (unpaired) electrons. The van der Waals surface area contributed by atoms with Gasteiger partial charge in [0.15, 0.2) is 0 Å². The van der Waals surface area contributed by atoms with Gasteiger partial charge in [-0.05, 0) is 6.07 Å². The minimum absolute atomic E-state index is 0.269. The first-order valence-electron chi connectivity index (χ1n) is 6.30. The van der Waals surface area contributed by atoms with Crippen LogP contribution in [0.3, 0.4) is 0 Å². The van der Waals surface area contributed by atoms with E-state index in [2.05, 4.69) is 10.6 Å². The van der Waals surface area contributed by atoms with Crippen LogP contribution in [0.5, 0.6) is 0 Å². The smallest absolute Gasteiger partial charge is 0.322 e. The lowest BCUT2D eigenvalue weighted by Crippen LogP contribution is -2.38. The molecule has 0 atom stereocenters. The molecule has 2 rings (SSSR count). The van der Waals surface area contributed by atoms with Crippen molar-refractivity contribution in [3.05, 3.63) is 36.0 Å². The Morgan fingerprint density at radius 3 is 2.57 bits per heavy atom. The van der Waals surface area contributed by atoms with Crippen molar-refractivity contribution in [1.82, 2.24) is 15.2 Å². The van der Waals surface area contributed by atoms with Gasteiger partial charge in [0.1, 0.15) is 6.54 Å². The van der Waals surface area contributed by atoms with E-state index in [1.54, 1.807) is 6.20 Å². The predicted octanol–water partition coefficient (Wildman–Crippen LogP) is 0.109. The van der Waals surface area contributed by atoms with Crippen LogP contribution in [0.1, 0.15) is 10.4 Å². The van der Waals surface area contributed by atoms with Gasteiger partial charge in [-0.2, -0.15) is 0 Å². The summed E-state index contributed by atoms with van der Waals surface area (Å²) >= 11 is 0. The number of aromatic nitrogens is 1. The average Bonchev–Trinajstić information content (AvgIpc) is 2.80. The normalized spacial score (nSPS) is 10.3. The Kier molecular flexibility index (Phi) is 4.22. The third kappa shape index (κ3) is 3.38. The van der Waals surface area contributed by atoms with E-state index < -0.39 is 18.4 Å². The molecular weight excluding hydrogens is 274 g/mol. The number of nitrogens with one attached hydrogen (secondary N) is 2. The van der Waals surface area contributed by atoms with Crippen molar-refractivity contribution in [1.29, 1.82) is 0 Å². The van der Waals surface area contributed by atoms with Crippen LogP contribution in [0.15, 0.2) is 30.5 Å². The Hall–Kier alpha value is -2.83. The quantitative estimate of drug-likeness (QED) is 0.727. The number of carbonyl (C=O) groups is 3. The van der Waals surface area contributed by atoms with Gasteiger partial charge in [-0.3, -0.25) is 14.4 Å². The number of aliphatic carboxylic acids is 1. The highest BCUT2D eigenvalue weighted by Crippen LogP contribution is 2.19. The topological polar surface area (TPSA) is 100 Å². The molecule has 0 aliphatic heterocycles. The Labute approximate surface area is 120 Å². The summed E-state index contributed by atoms with van der Waals surface area (Å²) in [5.41, 5.74) is 1.39. The Bertz CT molecular complexity index is 705. The van der Waals surface area contributed by atoms with Crippen LogP contribution in [0.4, 0.5) is 0 Å². The fourth-order valence-corrected chi connectivity index (χ4v) is 2.02. The van der Waals surface area contributed by atoms with Crippen molar-refractivity contribution in [2.24, 2.45) is 7.05 Å². The Morgan fingerprint density at radius 2 is 1.86 bits per heavy atom. The van der Waals surface area contributed by atoms with E-state index in [-0.39, 0.29) is 12.5 Å². The molecule has 0 aliphatic rings. The van der Waals surface area contributed by atoms with Crippen molar-refractivity contribution in [2.45, 2.75) is 0 Å². The highest BCUT2D eigenvalue weighted by Gasteiger charge is 2.14. The number of carboxylic acid groups (broad SMARTS) is 1. The molecule has 0 bridgehead atoms. The van der Waals surface area contributed by atoms with Crippen LogP contribution < -0.4 is 10.6 Å². The maximum absolute atomic E-state index is 12.1.